The number of halogens is 1. The van der Waals surface area contributed by atoms with E-state index in [0.717, 1.165) is 4.68 Å². The lowest BCUT2D eigenvalue weighted by molar-refractivity contribution is -0.141. The summed E-state index contributed by atoms with van der Waals surface area (Å²) in [5.74, 6) is -1.01. The summed E-state index contributed by atoms with van der Waals surface area (Å²) in [6.45, 7) is -0.344. The van der Waals surface area contributed by atoms with Gasteiger partial charge in [-0.1, -0.05) is 29.5 Å². The van der Waals surface area contributed by atoms with Crippen molar-refractivity contribution in [1.29, 1.82) is 0 Å². The van der Waals surface area contributed by atoms with E-state index in [1.807, 2.05) is 0 Å². The fourth-order valence-corrected chi connectivity index (χ4v) is 2.02. The molecule has 0 fully saturated rings. The van der Waals surface area contributed by atoms with Crippen LogP contribution in [0.3, 0.4) is 0 Å². The highest BCUT2D eigenvalue weighted by Gasteiger charge is 2.06. The summed E-state index contributed by atoms with van der Waals surface area (Å²) >= 11 is 0. The van der Waals surface area contributed by atoms with Gasteiger partial charge < -0.3 is 4.74 Å². The third-order valence-electron chi connectivity index (χ3n) is 3.24. The molecule has 1 heterocycles. The molecular weight excluding hydrogens is 313 g/mol. The summed E-state index contributed by atoms with van der Waals surface area (Å²) in [4.78, 5) is 23.9. The number of hydrogen-bond acceptors (Lipinski definition) is 5. The standard InChI is InChI=1S/C17H12FN3O3/c18-13-8-5-12(6-9-13)7-10-16(22)24-11-21-17(23)14-3-1-2-4-15(14)19-20-21/h1-10H,11H2/b10-7+. The molecule has 0 radical (unpaired) electrons. The third-order valence-corrected chi connectivity index (χ3v) is 3.24. The summed E-state index contributed by atoms with van der Waals surface area (Å²) in [5, 5.41) is 8.00. The molecule has 0 saturated heterocycles. The largest absolute Gasteiger partial charge is 0.439 e. The van der Waals surface area contributed by atoms with Crippen molar-refractivity contribution in [2.24, 2.45) is 0 Å². The zero-order valence-corrected chi connectivity index (χ0v) is 12.4. The van der Waals surface area contributed by atoms with E-state index in [1.54, 1.807) is 24.3 Å². The van der Waals surface area contributed by atoms with Crippen LogP contribution in [0.15, 0.2) is 59.4 Å². The van der Waals surface area contributed by atoms with Gasteiger partial charge in [0, 0.05) is 6.08 Å². The number of carbonyl (C=O) groups excluding carboxylic acids is 1. The van der Waals surface area contributed by atoms with Gasteiger partial charge in [-0.05, 0) is 35.9 Å². The number of esters is 1. The van der Waals surface area contributed by atoms with E-state index < -0.39 is 11.5 Å². The van der Waals surface area contributed by atoms with Crippen LogP contribution in [-0.4, -0.2) is 21.0 Å². The molecule has 0 unspecified atom stereocenters. The Balaban J connectivity index is 1.67. The molecule has 0 amide bonds. The lowest BCUT2D eigenvalue weighted by Gasteiger charge is -2.04. The van der Waals surface area contributed by atoms with Gasteiger partial charge in [0.15, 0.2) is 6.73 Å². The number of aromatic nitrogens is 3. The van der Waals surface area contributed by atoms with Gasteiger partial charge in [-0.15, -0.1) is 5.10 Å². The van der Waals surface area contributed by atoms with E-state index in [1.165, 1.54) is 36.4 Å². The molecular formula is C17H12FN3O3. The second kappa shape index (κ2) is 6.82. The van der Waals surface area contributed by atoms with Gasteiger partial charge in [-0.25, -0.2) is 9.18 Å². The van der Waals surface area contributed by atoms with Crippen LogP contribution in [0.5, 0.6) is 0 Å². The summed E-state index contributed by atoms with van der Waals surface area (Å²) in [6.07, 6.45) is 2.67. The van der Waals surface area contributed by atoms with Crippen LogP contribution in [0.4, 0.5) is 4.39 Å². The molecule has 0 saturated carbocycles. The second-order valence-corrected chi connectivity index (χ2v) is 4.89. The Hall–Kier alpha value is -3.35. The number of ether oxygens (including phenoxy) is 1. The quantitative estimate of drug-likeness (QED) is 0.543. The van der Waals surface area contributed by atoms with E-state index in [9.17, 15) is 14.0 Å². The number of hydrogen-bond donors (Lipinski definition) is 0. The average Bonchev–Trinajstić information content (AvgIpc) is 2.61. The first-order chi connectivity index (χ1) is 11.6. The number of carbonyl (C=O) groups is 1. The van der Waals surface area contributed by atoms with E-state index in [0.29, 0.717) is 16.5 Å². The van der Waals surface area contributed by atoms with Gasteiger partial charge >= 0.3 is 5.97 Å². The highest BCUT2D eigenvalue weighted by molar-refractivity contribution is 5.86. The molecule has 3 aromatic rings. The highest BCUT2D eigenvalue weighted by Crippen LogP contribution is 2.05. The molecule has 0 aliphatic carbocycles. The van der Waals surface area contributed by atoms with Crippen LogP contribution < -0.4 is 5.56 Å². The minimum absolute atomic E-state index is 0.344. The first-order valence-corrected chi connectivity index (χ1v) is 7.06. The van der Waals surface area contributed by atoms with Crippen molar-refractivity contribution in [3.8, 4) is 0 Å². The minimum Gasteiger partial charge on any atom is -0.439 e. The molecule has 0 bridgehead atoms. The molecule has 2 aromatic carbocycles. The molecule has 0 N–H and O–H groups in total. The highest BCUT2D eigenvalue weighted by atomic mass is 19.1. The maximum absolute atomic E-state index is 12.8. The lowest BCUT2D eigenvalue weighted by Crippen LogP contribution is -2.26. The molecule has 0 spiro atoms. The zero-order chi connectivity index (χ0) is 16.9. The fraction of sp³-hybridized carbons (Fsp3) is 0.0588. The van der Waals surface area contributed by atoms with Crippen molar-refractivity contribution in [2.45, 2.75) is 6.73 Å². The minimum atomic E-state index is -0.652. The Kier molecular flexibility index (Phi) is 4.42. The lowest BCUT2D eigenvalue weighted by atomic mass is 10.2. The van der Waals surface area contributed by atoms with Crippen LogP contribution in [0.1, 0.15) is 5.56 Å². The monoisotopic (exact) mass is 325 g/mol. The van der Waals surface area contributed by atoms with Crippen LogP contribution in [-0.2, 0) is 16.3 Å². The SMILES string of the molecule is O=C(/C=C/c1ccc(F)cc1)OCn1nnc2ccccc2c1=O. The van der Waals surface area contributed by atoms with E-state index in [2.05, 4.69) is 10.3 Å². The molecule has 0 aliphatic rings. The molecule has 120 valence electrons. The molecule has 0 aliphatic heterocycles. The van der Waals surface area contributed by atoms with Crippen molar-refractivity contribution >= 4 is 22.9 Å². The molecule has 6 nitrogen and oxygen atoms in total. The molecule has 1 aromatic heterocycles. The Morgan fingerprint density at radius 3 is 2.71 bits per heavy atom. The van der Waals surface area contributed by atoms with Crippen molar-refractivity contribution in [3.05, 3.63) is 76.3 Å². The van der Waals surface area contributed by atoms with Crippen LogP contribution >= 0.6 is 0 Å². The van der Waals surface area contributed by atoms with E-state index in [-0.39, 0.29) is 12.5 Å². The molecule has 0 atom stereocenters. The topological polar surface area (TPSA) is 74.1 Å². The maximum atomic E-state index is 12.8. The number of rotatable bonds is 4. The Labute approximate surface area is 135 Å². The van der Waals surface area contributed by atoms with Crippen molar-refractivity contribution in [2.75, 3.05) is 0 Å². The fourth-order valence-electron chi connectivity index (χ4n) is 2.02. The molecule has 24 heavy (non-hydrogen) atoms. The van der Waals surface area contributed by atoms with E-state index in [4.69, 9.17) is 4.74 Å². The Bertz CT molecular complexity index is 965. The maximum Gasteiger partial charge on any atom is 0.332 e. The normalized spacial score (nSPS) is 11.0. The van der Waals surface area contributed by atoms with Gasteiger partial charge in [-0.3, -0.25) is 4.79 Å². The van der Waals surface area contributed by atoms with Gasteiger partial charge in [0.05, 0.1) is 5.39 Å². The van der Waals surface area contributed by atoms with Crippen molar-refractivity contribution in [1.82, 2.24) is 15.0 Å². The van der Waals surface area contributed by atoms with Gasteiger partial charge in [0.25, 0.3) is 5.56 Å². The Morgan fingerprint density at radius 1 is 1.17 bits per heavy atom. The Morgan fingerprint density at radius 2 is 1.92 bits per heavy atom. The summed E-state index contributed by atoms with van der Waals surface area (Å²) in [5.41, 5.74) is 0.730. The van der Waals surface area contributed by atoms with Gasteiger partial charge in [0.1, 0.15) is 11.3 Å². The number of fused-ring (bicyclic) bond motifs is 1. The van der Waals surface area contributed by atoms with Crippen LogP contribution in [0, 0.1) is 5.82 Å². The first-order valence-electron chi connectivity index (χ1n) is 7.06. The van der Waals surface area contributed by atoms with Crippen LogP contribution in [0.25, 0.3) is 17.0 Å². The van der Waals surface area contributed by atoms with Crippen LogP contribution in [0.2, 0.25) is 0 Å². The number of nitrogens with zero attached hydrogens (tertiary/aromatic N) is 3. The number of benzene rings is 2. The predicted octanol–water partition coefficient (Wildman–Crippen LogP) is 2.14. The third kappa shape index (κ3) is 3.52. The average molecular weight is 325 g/mol. The smallest absolute Gasteiger partial charge is 0.332 e. The summed E-state index contributed by atoms with van der Waals surface area (Å²) in [6, 6.07) is 12.4. The summed E-state index contributed by atoms with van der Waals surface area (Å²) in [7, 11) is 0. The van der Waals surface area contributed by atoms with E-state index >= 15 is 0 Å². The van der Waals surface area contributed by atoms with Gasteiger partial charge in [-0.2, -0.15) is 4.68 Å². The molecule has 7 heteroatoms. The summed E-state index contributed by atoms with van der Waals surface area (Å²) < 4.78 is 18.7. The molecule has 3 rings (SSSR count). The zero-order valence-electron chi connectivity index (χ0n) is 12.4. The van der Waals surface area contributed by atoms with Crippen molar-refractivity contribution in [3.63, 3.8) is 0 Å². The first kappa shape index (κ1) is 15.5. The van der Waals surface area contributed by atoms with Gasteiger partial charge in [0.2, 0.25) is 0 Å². The van der Waals surface area contributed by atoms with Crippen molar-refractivity contribution < 1.29 is 13.9 Å². The second-order valence-electron chi connectivity index (χ2n) is 4.89. The predicted molar refractivity (Wildman–Crippen MR) is 85.3 cm³/mol.